The molecule has 0 fully saturated rings. The fourth-order valence-electron chi connectivity index (χ4n) is 11.3. The zero-order chi connectivity index (χ0) is 95.8. The summed E-state index contributed by atoms with van der Waals surface area (Å²) in [4.78, 5) is 83.7. The van der Waals surface area contributed by atoms with E-state index in [1.54, 1.807) is 207 Å². The van der Waals surface area contributed by atoms with Crippen molar-refractivity contribution in [3.63, 3.8) is 0 Å². The van der Waals surface area contributed by atoms with Crippen molar-refractivity contribution in [1.82, 2.24) is 0 Å². The number of phenolic OH excluding ortho intramolecular Hbond substituents is 2. The molecule has 0 aliphatic heterocycles. The molecule has 0 spiro atoms. The Morgan fingerprint density at radius 3 is 0.752 bits per heavy atom. The van der Waals surface area contributed by atoms with Crippen LogP contribution in [0.4, 0.5) is 0 Å². The lowest BCUT2D eigenvalue weighted by molar-refractivity contribution is 0.103. The Morgan fingerprint density at radius 2 is 0.459 bits per heavy atom. The van der Waals surface area contributed by atoms with Crippen LogP contribution in [0.3, 0.4) is 0 Å². The van der Waals surface area contributed by atoms with E-state index in [2.05, 4.69) is 95.6 Å². The summed E-state index contributed by atoms with van der Waals surface area (Å²) in [5.74, 6) is 4.04. The third kappa shape index (κ3) is 38.1. The van der Waals surface area contributed by atoms with Crippen LogP contribution in [0.2, 0.25) is 5.02 Å². The maximum Gasteiger partial charge on any atom is 0.189 e. The molecule has 0 heterocycles. The summed E-state index contributed by atoms with van der Waals surface area (Å²) in [5, 5.41) is 19.9. The Hall–Kier alpha value is -13.5. The maximum atomic E-state index is 12.0. The van der Waals surface area contributed by atoms with Crippen LogP contribution in [-0.4, -0.2) is 93.4 Å². The Kier molecular flexibility index (Phi) is 44.9. The van der Waals surface area contributed by atoms with Crippen molar-refractivity contribution in [3.8, 4) is 46.0 Å². The molecule has 15 nitrogen and oxygen atoms in total. The SMILES string of the molecule is COc1ccc(/C=C/C(=O)c2cc(Br)ccc2O)cc1.COc1ccc(/C=C/C(=O)c2ccc(Br)cc2)cc1.COc1ccc(/C=C/C(=O)c2cccc(Br)c2)cc1.COc1cccc(/C=C/C(=O)c2ccc(Br)cc2)c1.COc1cccc(/C=C/C(=O)c2ccc(Cl)cc2)c1.COc1cccc(/C=C/C(=O)c2cccc(Br)c2)c1.O=C(/C=C/c1ccccc1)c1cc(Br)ccc1O. The molecular formula is C111H89Br6ClO15. The van der Waals surface area contributed by atoms with E-state index in [-0.39, 0.29) is 63.1 Å². The molecule has 2 N–H and O–H groups in total. The number of aromatic hydroxyl groups is 2. The van der Waals surface area contributed by atoms with Crippen LogP contribution < -0.4 is 28.4 Å². The molecule has 0 bridgehead atoms. The predicted octanol–water partition coefficient (Wildman–Crippen LogP) is 29.8. The lowest BCUT2D eigenvalue weighted by atomic mass is 10.1. The van der Waals surface area contributed by atoms with Crippen LogP contribution in [0.15, 0.2) is 403 Å². The fourth-order valence-corrected chi connectivity index (χ4v) is 13.5. The van der Waals surface area contributed by atoms with Crippen molar-refractivity contribution in [2.75, 3.05) is 42.7 Å². The number of carbonyl (C=O) groups is 7. The summed E-state index contributed by atoms with van der Waals surface area (Å²) in [6.07, 6.45) is 23.1. The van der Waals surface area contributed by atoms with E-state index in [1.807, 2.05) is 224 Å². The average Bonchev–Trinajstić information content (AvgIpc) is 0.861. The first kappa shape index (κ1) is 105. The van der Waals surface area contributed by atoms with E-state index in [9.17, 15) is 43.8 Å². The number of rotatable bonds is 27. The van der Waals surface area contributed by atoms with Gasteiger partial charge in [0.05, 0.1) is 53.8 Å². The number of allylic oxidation sites excluding steroid dienone is 7. The predicted molar refractivity (Wildman–Crippen MR) is 558 cm³/mol. The van der Waals surface area contributed by atoms with Crippen molar-refractivity contribution in [3.05, 3.63) is 486 Å². The van der Waals surface area contributed by atoms with Crippen molar-refractivity contribution in [2.24, 2.45) is 0 Å². The molecule has 0 amide bonds. The largest absolute Gasteiger partial charge is 0.507 e. The number of ether oxygens (including phenoxy) is 6. The highest BCUT2D eigenvalue weighted by Crippen LogP contribution is 2.28. The van der Waals surface area contributed by atoms with Gasteiger partial charge in [-0.05, 0) is 288 Å². The Balaban J connectivity index is 0.000000191. The van der Waals surface area contributed by atoms with Gasteiger partial charge in [-0.3, -0.25) is 33.6 Å². The molecule has 0 aliphatic rings. The molecule has 22 heteroatoms. The summed E-state index contributed by atoms with van der Waals surface area (Å²) in [5.41, 5.74) is 10.4. The number of benzene rings is 14. The van der Waals surface area contributed by atoms with Gasteiger partial charge in [-0.1, -0.05) is 277 Å². The molecule has 0 atom stereocenters. The summed E-state index contributed by atoms with van der Waals surface area (Å²) >= 11 is 25.7. The van der Waals surface area contributed by atoms with Crippen LogP contribution in [0.25, 0.3) is 42.5 Å². The minimum absolute atomic E-state index is 0.0108. The number of methoxy groups -OCH3 is 6. The van der Waals surface area contributed by atoms with Crippen molar-refractivity contribution < 1.29 is 72.2 Å². The van der Waals surface area contributed by atoms with Gasteiger partial charge < -0.3 is 38.6 Å². The van der Waals surface area contributed by atoms with E-state index < -0.39 is 0 Å². The quantitative estimate of drug-likeness (QED) is 0.0362. The third-order valence-corrected chi connectivity index (χ3v) is 21.8. The Bertz CT molecular complexity index is 6320. The van der Waals surface area contributed by atoms with E-state index in [0.717, 1.165) is 100 Å². The Labute approximate surface area is 829 Å². The second kappa shape index (κ2) is 57.0. The molecule has 0 aromatic heterocycles. The summed E-state index contributed by atoms with van der Waals surface area (Å²) in [6, 6.07) is 100. The third-order valence-electron chi connectivity index (χ3n) is 18.5. The van der Waals surface area contributed by atoms with Crippen molar-refractivity contribution in [2.45, 2.75) is 0 Å². The monoisotopic (exact) mass is 2170 g/mol. The molecule has 14 aromatic rings. The molecule has 14 aromatic carbocycles. The van der Waals surface area contributed by atoms with Crippen LogP contribution in [0, 0.1) is 0 Å². The first-order valence-corrected chi connectivity index (χ1v) is 45.6. The smallest absolute Gasteiger partial charge is 0.189 e. The van der Waals surface area contributed by atoms with Crippen LogP contribution in [-0.2, 0) is 0 Å². The second-order valence-corrected chi connectivity index (χ2v) is 33.7. The molecule has 133 heavy (non-hydrogen) atoms. The van der Waals surface area contributed by atoms with Gasteiger partial charge in [-0.2, -0.15) is 0 Å². The van der Waals surface area contributed by atoms with Crippen molar-refractivity contribution >= 4 is 190 Å². The molecular weight excluding hydrogens is 2090 g/mol. The van der Waals surface area contributed by atoms with E-state index >= 15 is 0 Å². The van der Waals surface area contributed by atoms with Crippen molar-refractivity contribution in [1.29, 1.82) is 0 Å². The van der Waals surface area contributed by atoms with E-state index in [4.69, 9.17) is 40.0 Å². The lowest BCUT2D eigenvalue weighted by Crippen LogP contribution is -1.94. The van der Waals surface area contributed by atoms with Gasteiger partial charge in [0.2, 0.25) is 0 Å². The summed E-state index contributed by atoms with van der Waals surface area (Å²) in [7, 11) is 9.71. The van der Waals surface area contributed by atoms with Gasteiger partial charge in [-0.15, -0.1) is 0 Å². The van der Waals surface area contributed by atoms with Gasteiger partial charge in [0.1, 0.15) is 46.0 Å². The molecule has 0 aliphatic carbocycles. The highest BCUT2D eigenvalue weighted by Gasteiger charge is 2.13. The number of ketones is 7. The summed E-state index contributed by atoms with van der Waals surface area (Å²) in [6.45, 7) is 0. The Morgan fingerprint density at radius 1 is 0.218 bits per heavy atom. The van der Waals surface area contributed by atoms with Crippen LogP contribution >= 0.6 is 107 Å². The lowest BCUT2D eigenvalue weighted by Gasteiger charge is -2.01. The zero-order valence-corrected chi connectivity index (χ0v) is 83.0. The molecule has 672 valence electrons. The van der Waals surface area contributed by atoms with Gasteiger partial charge in [0, 0.05) is 59.7 Å². The molecule has 0 unspecified atom stereocenters. The second-order valence-electron chi connectivity index (χ2n) is 27.8. The number of halogens is 7. The number of hydrogen-bond acceptors (Lipinski definition) is 15. The summed E-state index contributed by atoms with van der Waals surface area (Å²) < 4.78 is 35.8. The zero-order valence-electron chi connectivity index (χ0n) is 72.7. The van der Waals surface area contributed by atoms with Gasteiger partial charge in [0.25, 0.3) is 0 Å². The number of phenols is 2. The molecule has 0 radical (unpaired) electrons. The van der Waals surface area contributed by atoms with Crippen LogP contribution in [0.5, 0.6) is 46.0 Å². The normalized spacial score (nSPS) is 10.7. The van der Waals surface area contributed by atoms with E-state index in [0.29, 0.717) is 32.8 Å². The number of carbonyl (C=O) groups excluding carboxylic acids is 7. The van der Waals surface area contributed by atoms with E-state index in [1.165, 1.54) is 30.4 Å². The van der Waals surface area contributed by atoms with Gasteiger partial charge in [-0.25, -0.2) is 0 Å². The number of hydrogen-bond donors (Lipinski definition) is 2. The van der Waals surface area contributed by atoms with Crippen LogP contribution in [0.1, 0.15) is 111 Å². The average molecular weight is 2180 g/mol. The standard InChI is InChI=1S/C16H13BrO3.4C16H13BrO2.C16H13ClO2.C15H11BrO2/c1-20-13-6-2-11(3-7-13)4-8-15(18)14-10-12(17)5-9-16(14)19;1-19-15-9-2-12(3-10-15)4-11-16(18)13-5-7-14(17)8-6-13;1-19-15-7-2-4-12(10-15)8-9-16(18)13-5-3-6-14(17)11-13;1-19-15-4-2-3-12(11-15)5-10-16(18)13-6-8-14(17)9-7-13;1-19-15-8-5-12(6-9-15)7-10-16(18)13-3-2-4-14(17)11-13;1-19-15-4-2-3-12(11-15)5-10-16(18)13-6-8-14(17)9-7-13;16-12-7-9-15(18)13(10-12)14(17)8-6-11-4-2-1-3-5-11/h2-10,19H,1H3;5*2-11H,1H3;1-10,18H/b8-4+;11-4+;9-8+;10-5+;10-7+;10-5+;8-6+. The maximum absolute atomic E-state index is 12.0. The fraction of sp³-hybridized carbons (Fsp3) is 0.0541. The first-order chi connectivity index (χ1) is 64.2. The highest BCUT2D eigenvalue weighted by molar-refractivity contribution is 9.11. The first-order valence-electron chi connectivity index (χ1n) is 40.4. The van der Waals surface area contributed by atoms with Gasteiger partial charge in [0.15, 0.2) is 40.5 Å². The minimum Gasteiger partial charge on any atom is -0.507 e. The molecule has 0 saturated carbocycles. The molecule has 14 rings (SSSR count). The molecule has 0 saturated heterocycles. The topological polar surface area (TPSA) is 215 Å². The van der Waals surface area contributed by atoms with Gasteiger partial charge >= 0.3 is 0 Å². The highest BCUT2D eigenvalue weighted by atomic mass is 79.9. The minimum atomic E-state index is -0.250.